The average molecular weight is 507 g/mol. The first-order chi connectivity index (χ1) is 17.7. The molecule has 1 aromatic carbocycles. The number of nitrogens with one attached hydrogen (secondary N) is 4. The van der Waals surface area contributed by atoms with Crippen molar-refractivity contribution in [2.75, 3.05) is 59.0 Å². The van der Waals surface area contributed by atoms with Crippen molar-refractivity contribution in [1.29, 1.82) is 0 Å². The molecule has 0 saturated heterocycles. The molecule has 0 saturated carbocycles. The van der Waals surface area contributed by atoms with Crippen LogP contribution < -0.4 is 37.5 Å². The van der Waals surface area contributed by atoms with Crippen LogP contribution in [0.3, 0.4) is 0 Å². The molecule has 0 heterocycles. The van der Waals surface area contributed by atoms with Crippen LogP contribution in [0.2, 0.25) is 0 Å². The molecule has 0 bridgehead atoms. The zero-order valence-corrected chi connectivity index (χ0v) is 23.5. The molecular formula is C29H58N6O. The Bertz CT molecular complexity index is 577. The molecule has 36 heavy (non-hydrogen) atoms. The van der Waals surface area contributed by atoms with E-state index in [1.807, 2.05) is 0 Å². The van der Waals surface area contributed by atoms with Gasteiger partial charge in [-0.25, -0.2) is 0 Å². The van der Waals surface area contributed by atoms with E-state index in [0.29, 0.717) is 5.92 Å². The lowest BCUT2D eigenvalue weighted by molar-refractivity contribution is 0.227. The van der Waals surface area contributed by atoms with E-state index < -0.39 is 0 Å². The van der Waals surface area contributed by atoms with Gasteiger partial charge in [-0.3, -0.25) is 0 Å². The molecule has 1 rings (SSSR count). The maximum Gasteiger partial charge on any atom is 0.119 e. The summed E-state index contributed by atoms with van der Waals surface area (Å²) in [5.41, 5.74) is 13.7. The fourth-order valence-electron chi connectivity index (χ4n) is 4.29. The van der Waals surface area contributed by atoms with Crippen molar-refractivity contribution in [2.24, 2.45) is 17.4 Å². The third-order valence-corrected chi connectivity index (χ3v) is 6.36. The number of unbranched alkanes of at least 4 members (excludes halogenated alkanes) is 1. The first-order valence-electron chi connectivity index (χ1n) is 14.7. The topological polar surface area (TPSA) is 109 Å². The molecule has 0 amide bonds. The second kappa shape index (κ2) is 24.1. The summed E-state index contributed by atoms with van der Waals surface area (Å²) in [6.45, 7) is 14.7. The van der Waals surface area contributed by atoms with Crippen LogP contribution in [0, 0.1) is 5.92 Å². The van der Waals surface area contributed by atoms with E-state index in [0.717, 1.165) is 103 Å². The number of rotatable bonds is 26. The number of hydrogen-bond acceptors (Lipinski definition) is 7. The molecular weight excluding hydrogens is 448 g/mol. The minimum Gasteiger partial charge on any atom is -0.493 e. The Labute approximate surface area is 222 Å². The van der Waals surface area contributed by atoms with Crippen LogP contribution in [-0.2, 0) is 13.1 Å². The van der Waals surface area contributed by atoms with E-state index in [-0.39, 0.29) is 0 Å². The predicted molar refractivity (Wildman–Crippen MR) is 156 cm³/mol. The van der Waals surface area contributed by atoms with Gasteiger partial charge in [-0.15, -0.1) is 0 Å². The van der Waals surface area contributed by atoms with Crippen LogP contribution in [0.1, 0.15) is 82.8 Å². The van der Waals surface area contributed by atoms with Crippen molar-refractivity contribution in [3.8, 4) is 5.75 Å². The van der Waals surface area contributed by atoms with Crippen molar-refractivity contribution >= 4 is 0 Å². The standard InChI is InChI=1S/C29H58N6O/c1-3-5-11-26(10-4-2)25-36-29-21-27(23-34-18-8-16-32-14-6-12-30)20-28(22-29)24-35-19-9-17-33-15-7-13-31/h20-22,26,32-35H,3-19,23-25,30-31H2,1-2H3. The number of nitrogens with two attached hydrogens (primary N) is 2. The van der Waals surface area contributed by atoms with Gasteiger partial charge in [-0.05, 0) is 120 Å². The van der Waals surface area contributed by atoms with Crippen LogP contribution in [0.5, 0.6) is 5.75 Å². The lowest BCUT2D eigenvalue weighted by Crippen LogP contribution is -2.24. The van der Waals surface area contributed by atoms with Gasteiger partial charge in [0.1, 0.15) is 5.75 Å². The van der Waals surface area contributed by atoms with Crippen LogP contribution >= 0.6 is 0 Å². The van der Waals surface area contributed by atoms with Gasteiger partial charge in [0.15, 0.2) is 0 Å². The van der Waals surface area contributed by atoms with Crippen molar-refractivity contribution in [2.45, 2.75) is 84.7 Å². The fourth-order valence-corrected chi connectivity index (χ4v) is 4.29. The lowest BCUT2D eigenvalue weighted by atomic mass is 9.98. The molecule has 7 heteroatoms. The second-order valence-corrected chi connectivity index (χ2v) is 9.94. The highest BCUT2D eigenvalue weighted by Gasteiger charge is 2.10. The molecule has 1 aromatic rings. The number of benzene rings is 1. The first kappa shape index (κ1) is 32.8. The summed E-state index contributed by atoms with van der Waals surface area (Å²) in [6, 6.07) is 6.76. The molecule has 1 unspecified atom stereocenters. The average Bonchev–Trinajstić information content (AvgIpc) is 2.89. The SMILES string of the molecule is CCCCC(CCC)COc1cc(CNCCCNCCCN)cc(CNCCCNCCCN)c1. The summed E-state index contributed by atoms with van der Waals surface area (Å²) in [6.07, 6.45) is 10.6. The van der Waals surface area contributed by atoms with Crippen molar-refractivity contribution in [1.82, 2.24) is 21.3 Å². The van der Waals surface area contributed by atoms with E-state index in [1.165, 1.54) is 43.2 Å². The number of ether oxygens (including phenoxy) is 1. The van der Waals surface area contributed by atoms with Gasteiger partial charge in [0.05, 0.1) is 6.61 Å². The fraction of sp³-hybridized carbons (Fsp3) is 0.793. The quantitative estimate of drug-likeness (QED) is 0.107. The van der Waals surface area contributed by atoms with Gasteiger partial charge in [-0.2, -0.15) is 0 Å². The zero-order valence-electron chi connectivity index (χ0n) is 23.5. The Morgan fingerprint density at radius 1 is 0.639 bits per heavy atom. The summed E-state index contributed by atoms with van der Waals surface area (Å²) < 4.78 is 6.37. The maximum atomic E-state index is 6.37. The van der Waals surface area contributed by atoms with Crippen molar-refractivity contribution in [3.05, 3.63) is 29.3 Å². The second-order valence-electron chi connectivity index (χ2n) is 9.94. The highest BCUT2D eigenvalue weighted by Crippen LogP contribution is 2.21. The van der Waals surface area contributed by atoms with Gasteiger partial charge < -0.3 is 37.5 Å². The first-order valence-corrected chi connectivity index (χ1v) is 14.7. The van der Waals surface area contributed by atoms with E-state index in [1.54, 1.807) is 0 Å². The molecule has 0 aliphatic rings. The van der Waals surface area contributed by atoms with E-state index in [2.05, 4.69) is 53.3 Å². The van der Waals surface area contributed by atoms with Gasteiger partial charge in [0.25, 0.3) is 0 Å². The van der Waals surface area contributed by atoms with Crippen LogP contribution in [0.15, 0.2) is 18.2 Å². The Kier molecular flexibility index (Phi) is 22.0. The highest BCUT2D eigenvalue weighted by molar-refractivity contribution is 5.34. The largest absolute Gasteiger partial charge is 0.493 e. The van der Waals surface area contributed by atoms with E-state index in [4.69, 9.17) is 16.2 Å². The molecule has 8 N–H and O–H groups in total. The summed E-state index contributed by atoms with van der Waals surface area (Å²) >= 11 is 0. The van der Waals surface area contributed by atoms with Crippen molar-refractivity contribution < 1.29 is 4.74 Å². The third-order valence-electron chi connectivity index (χ3n) is 6.36. The van der Waals surface area contributed by atoms with E-state index >= 15 is 0 Å². The minimum atomic E-state index is 0.650. The van der Waals surface area contributed by atoms with Crippen LogP contribution in [-0.4, -0.2) is 59.0 Å². The number of hydrogen-bond donors (Lipinski definition) is 6. The highest BCUT2D eigenvalue weighted by atomic mass is 16.5. The lowest BCUT2D eigenvalue weighted by Gasteiger charge is -2.18. The molecule has 0 aliphatic heterocycles. The monoisotopic (exact) mass is 506 g/mol. The molecule has 7 nitrogen and oxygen atoms in total. The zero-order chi connectivity index (χ0) is 26.1. The van der Waals surface area contributed by atoms with E-state index in [9.17, 15) is 0 Å². The molecule has 0 spiro atoms. The van der Waals surface area contributed by atoms with Gasteiger partial charge in [0.2, 0.25) is 0 Å². The third kappa shape index (κ3) is 18.1. The maximum absolute atomic E-state index is 6.37. The molecule has 0 radical (unpaired) electrons. The minimum absolute atomic E-state index is 0.650. The molecule has 0 fully saturated rings. The Balaban J connectivity index is 2.57. The normalized spacial score (nSPS) is 12.2. The Morgan fingerprint density at radius 2 is 1.17 bits per heavy atom. The van der Waals surface area contributed by atoms with Gasteiger partial charge in [0, 0.05) is 13.1 Å². The molecule has 0 aliphatic carbocycles. The molecule has 1 atom stereocenters. The summed E-state index contributed by atoms with van der Waals surface area (Å²) in [7, 11) is 0. The molecule has 210 valence electrons. The van der Waals surface area contributed by atoms with Gasteiger partial charge in [-0.1, -0.05) is 39.2 Å². The smallest absolute Gasteiger partial charge is 0.119 e. The van der Waals surface area contributed by atoms with Crippen molar-refractivity contribution in [3.63, 3.8) is 0 Å². The van der Waals surface area contributed by atoms with Crippen LogP contribution in [0.4, 0.5) is 0 Å². The summed E-state index contributed by atoms with van der Waals surface area (Å²) in [5.74, 6) is 1.66. The summed E-state index contributed by atoms with van der Waals surface area (Å²) in [5, 5.41) is 14.1. The molecule has 0 aromatic heterocycles. The predicted octanol–water partition coefficient (Wildman–Crippen LogP) is 3.51. The summed E-state index contributed by atoms with van der Waals surface area (Å²) in [4.78, 5) is 0. The Morgan fingerprint density at radius 3 is 1.67 bits per heavy atom. The van der Waals surface area contributed by atoms with Gasteiger partial charge >= 0.3 is 0 Å². The van der Waals surface area contributed by atoms with Crippen LogP contribution in [0.25, 0.3) is 0 Å². The Hall–Kier alpha value is -1.22.